The highest BCUT2D eigenvalue weighted by atomic mass is 16.5. The van der Waals surface area contributed by atoms with E-state index in [4.69, 9.17) is 10.6 Å². The zero-order valence-corrected chi connectivity index (χ0v) is 13.1. The molecule has 0 aliphatic rings. The van der Waals surface area contributed by atoms with Gasteiger partial charge in [0.2, 0.25) is 11.9 Å². The summed E-state index contributed by atoms with van der Waals surface area (Å²) in [6, 6.07) is 0.587. The van der Waals surface area contributed by atoms with Gasteiger partial charge in [-0.2, -0.15) is 15.0 Å². The van der Waals surface area contributed by atoms with Crippen LogP contribution < -0.4 is 20.9 Å². The Morgan fingerprint density at radius 3 is 2.40 bits per heavy atom. The van der Waals surface area contributed by atoms with Crippen molar-refractivity contribution in [1.29, 1.82) is 0 Å². The first-order valence-electron chi connectivity index (χ1n) is 7.10. The molecule has 0 atom stereocenters. The van der Waals surface area contributed by atoms with Gasteiger partial charge >= 0.3 is 6.01 Å². The van der Waals surface area contributed by atoms with Crippen LogP contribution in [0.25, 0.3) is 0 Å². The highest BCUT2D eigenvalue weighted by Gasteiger charge is 2.18. The Morgan fingerprint density at radius 1 is 1.20 bits per heavy atom. The quantitative estimate of drug-likeness (QED) is 0.555. The van der Waals surface area contributed by atoms with Crippen molar-refractivity contribution in [2.45, 2.75) is 47.1 Å². The number of nitrogens with zero attached hydrogens (tertiary/aromatic N) is 4. The monoisotopic (exact) mass is 282 g/mol. The Bertz CT molecular complexity index is 410. The molecule has 1 aromatic heterocycles. The number of nitrogens with one attached hydrogen (secondary N) is 1. The molecular weight excluding hydrogens is 256 g/mol. The number of hydrogen-bond acceptors (Lipinski definition) is 7. The molecule has 1 rings (SSSR count). The van der Waals surface area contributed by atoms with Crippen molar-refractivity contribution in [2.75, 3.05) is 23.5 Å². The first-order valence-corrected chi connectivity index (χ1v) is 7.10. The smallest absolute Gasteiger partial charge is 0.323 e. The summed E-state index contributed by atoms with van der Waals surface area (Å²) >= 11 is 0. The standard InChI is InChI=1S/C13H26N6O/c1-6-7-20-13-16-11(18-14)15-12(17-13)19(10(4)5)8-9(2)3/h9-10H,6-8,14H2,1-5H3,(H,15,16,17,18). The van der Waals surface area contributed by atoms with E-state index in [0.29, 0.717) is 30.4 Å². The number of aromatic nitrogens is 3. The number of hydrogen-bond donors (Lipinski definition) is 2. The van der Waals surface area contributed by atoms with Gasteiger partial charge in [-0.1, -0.05) is 20.8 Å². The van der Waals surface area contributed by atoms with Crippen molar-refractivity contribution in [3.05, 3.63) is 0 Å². The van der Waals surface area contributed by atoms with Crippen molar-refractivity contribution in [1.82, 2.24) is 15.0 Å². The lowest BCUT2D eigenvalue weighted by molar-refractivity contribution is 0.291. The van der Waals surface area contributed by atoms with E-state index in [-0.39, 0.29) is 6.04 Å². The van der Waals surface area contributed by atoms with E-state index >= 15 is 0 Å². The third-order valence-corrected chi connectivity index (χ3v) is 2.61. The van der Waals surface area contributed by atoms with Crippen LogP contribution in [0.15, 0.2) is 0 Å². The Morgan fingerprint density at radius 2 is 1.90 bits per heavy atom. The second-order valence-electron chi connectivity index (χ2n) is 5.37. The van der Waals surface area contributed by atoms with E-state index in [1.165, 1.54) is 0 Å². The molecule has 0 spiro atoms. The molecule has 0 aliphatic heterocycles. The van der Waals surface area contributed by atoms with Gasteiger partial charge in [-0.05, 0) is 26.2 Å². The lowest BCUT2D eigenvalue weighted by Crippen LogP contribution is -2.36. The Labute approximate surface area is 120 Å². The van der Waals surface area contributed by atoms with Crippen LogP contribution in [-0.4, -0.2) is 34.1 Å². The van der Waals surface area contributed by atoms with Gasteiger partial charge in [-0.15, -0.1) is 0 Å². The molecule has 0 aliphatic carbocycles. The maximum atomic E-state index is 5.49. The molecule has 0 saturated heterocycles. The van der Waals surface area contributed by atoms with Gasteiger partial charge in [0, 0.05) is 12.6 Å². The zero-order chi connectivity index (χ0) is 15.1. The predicted octanol–water partition coefficient (Wildman–Crippen LogP) is 1.82. The summed E-state index contributed by atoms with van der Waals surface area (Å²) in [5, 5.41) is 0. The maximum absolute atomic E-state index is 5.49. The summed E-state index contributed by atoms with van der Waals surface area (Å²) in [5.74, 6) is 6.82. The maximum Gasteiger partial charge on any atom is 0.323 e. The largest absolute Gasteiger partial charge is 0.463 e. The van der Waals surface area contributed by atoms with Crippen molar-refractivity contribution >= 4 is 11.9 Å². The minimum absolute atomic E-state index is 0.282. The third-order valence-electron chi connectivity index (χ3n) is 2.61. The summed E-state index contributed by atoms with van der Waals surface area (Å²) in [7, 11) is 0. The molecule has 7 nitrogen and oxygen atoms in total. The van der Waals surface area contributed by atoms with Crippen LogP contribution in [0, 0.1) is 5.92 Å². The van der Waals surface area contributed by atoms with Gasteiger partial charge in [0.25, 0.3) is 0 Å². The SMILES string of the molecule is CCCOc1nc(NN)nc(N(CC(C)C)C(C)C)n1. The minimum atomic E-state index is 0.282. The number of hydrazine groups is 1. The van der Waals surface area contributed by atoms with Crippen LogP contribution >= 0.6 is 0 Å². The molecule has 0 bridgehead atoms. The Balaban J connectivity index is 3.05. The number of ether oxygens (including phenoxy) is 1. The Kier molecular flexibility index (Phi) is 6.44. The molecule has 0 fully saturated rings. The van der Waals surface area contributed by atoms with Crippen molar-refractivity contribution in [3.63, 3.8) is 0 Å². The molecule has 7 heteroatoms. The first-order chi connectivity index (χ1) is 9.47. The molecule has 0 radical (unpaired) electrons. The van der Waals surface area contributed by atoms with E-state index in [1.807, 2.05) is 6.92 Å². The second kappa shape index (κ2) is 7.84. The van der Waals surface area contributed by atoms with Crippen LogP contribution in [0.3, 0.4) is 0 Å². The second-order valence-corrected chi connectivity index (χ2v) is 5.37. The van der Waals surface area contributed by atoms with Gasteiger partial charge in [-0.3, -0.25) is 5.43 Å². The van der Waals surface area contributed by atoms with Crippen LogP contribution in [0.5, 0.6) is 6.01 Å². The number of anilines is 2. The normalized spacial score (nSPS) is 11.0. The third kappa shape index (κ3) is 4.80. The van der Waals surface area contributed by atoms with Gasteiger partial charge in [-0.25, -0.2) is 5.84 Å². The van der Waals surface area contributed by atoms with Crippen LogP contribution in [0.1, 0.15) is 41.0 Å². The van der Waals surface area contributed by atoms with E-state index in [9.17, 15) is 0 Å². The van der Waals surface area contributed by atoms with Gasteiger partial charge < -0.3 is 9.64 Å². The molecule has 1 heterocycles. The van der Waals surface area contributed by atoms with E-state index in [1.54, 1.807) is 0 Å². The number of nitrogens with two attached hydrogens (primary N) is 1. The average molecular weight is 282 g/mol. The summed E-state index contributed by atoms with van der Waals surface area (Å²) in [6.07, 6.45) is 0.895. The van der Waals surface area contributed by atoms with Crippen LogP contribution in [0.2, 0.25) is 0 Å². The van der Waals surface area contributed by atoms with Crippen molar-refractivity contribution < 1.29 is 4.74 Å². The fourth-order valence-electron chi connectivity index (χ4n) is 1.71. The molecule has 0 unspecified atom stereocenters. The molecule has 0 amide bonds. The first kappa shape index (κ1) is 16.4. The topological polar surface area (TPSA) is 89.2 Å². The molecule has 3 N–H and O–H groups in total. The zero-order valence-electron chi connectivity index (χ0n) is 13.1. The molecule has 0 aromatic carbocycles. The van der Waals surface area contributed by atoms with E-state index in [2.05, 4.69) is 53.0 Å². The van der Waals surface area contributed by atoms with E-state index in [0.717, 1.165) is 13.0 Å². The Hall–Kier alpha value is -1.63. The van der Waals surface area contributed by atoms with Crippen molar-refractivity contribution in [3.8, 4) is 6.01 Å². The number of rotatable bonds is 8. The predicted molar refractivity (Wildman–Crippen MR) is 80.7 cm³/mol. The lowest BCUT2D eigenvalue weighted by Gasteiger charge is -2.28. The molecular formula is C13H26N6O. The average Bonchev–Trinajstić information content (AvgIpc) is 2.41. The highest BCUT2D eigenvalue weighted by molar-refractivity contribution is 5.38. The minimum Gasteiger partial charge on any atom is -0.463 e. The van der Waals surface area contributed by atoms with E-state index < -0.39 is 0 Å². The summed E-state index contributed by atoms with van der Waals surface area (Å²) in [6.45, 7) is 12.0. The van der Waals surface area contributed by atoms with Crippen molar-refractivity contribution in [2.24, 2.45) is 11.8 Å². The highest BCUT2D eigenvalue weighted by Crippen LogP contribution is 2.18. The van der Waals surface area contributed by atoms with Crippen LogP contribution in [0.4, 0.5) is 11.9 Å². The van der Waals surface area contributed by atoms with Crippen LogP contribution in [-0.2, 0) is 0 Å². The molecule has 0 saturated carbocycles. The molecule has 1 aromatic rings. The summed E-state index contributed by atoms with van der Waals surface area (Å²) < 4.78 is 5.49. The fourth-order valence-corrected chi connectivity index (χ4v) is 1.71. The lowest BCUT2D eigenvalue weighted by atomic mass is 10.2. The molecule has 20 heavy (non-hydrogen) atoms. The summed E-state index contributed by atoms with van der Waals surface area (Å²) in [4.78, 5) is 14.9. The summed E-state index contributed by atoms with van der Waals surface area (Å²) in [5.41, 5.74) is 2.46. The fraction of sp³-hybridized carbons (Fsp3) is 0.769. The van der Waals surface area contributed by atoms with Gasteiger partial charge in [0.15, 0.2) is 0 Å². The van der Waals surface area contributed by atoms with Gasteiger partial charge in [0.1, 0.15) is 0 Å². The number of nitrogen functional groups attached to an aromatic ring is 1. The molecule has 114 valence electrons. The van der Waals surface area contributed by atoms with Gasteiger partial charge in [0.05, 0.1) is 6.61 Å².